The first-order chi connectivity index (χ1) is 15.4. The lowest BCUT2D eigenvalue weighted by Crippen LogP contribution is -2.47. The van der Waals surface area contributed by atoms with Crippen molar-refractivity contribution in [2.75, 3.05) is 63.8 Å². The van der Waals surface area contributed by atoms with Gasteiger partial charge in [-0.1, -0.05) is 0 Å². The molecular formula is C22H41IN8O2. The van der Waals surface area contributed by atoms with Gasteiger partial charge in [-0.15, -0.1) is 24.0 Å². The molecular weight excluding hydrogens is 535 g/mol. The third-order valence-corrected chi connectivity index (χ3v) is 4.77. The van der Waals surface area contributed by atoms with Gasteiger partial charge in [0, 0.05) is 64.8 Å². The Morgan fingerprint density at radius 2 is 1.73 bits per heavy atom. The van der Waals surface area contributed by atoms with Crippen molar-refractivity contribution in [2.45, 2.75) is 46.1 Å². The van der Waals surface area contributed by atoms with Crippen LogP contribution in [-0.2, 0) is 4.74 Å². The average Bonchev–Trinajstić information content (AvgIpc) is 2.76. The van der Waals surface area contributed by atoms with E-state index >= 15 is 0 Å². The van der Waals surface area contributed by atoms with Gasteiger partial charge in [0.2, 0.25) is 5.95 Å². The lowest BCUT2D eigenvalue weighted by molar-refractivity contribution is 0.0527. The number of aliphatic imine (C=N–C) groups is 1. The van der Waals surface area contributed by atoms with Crippen molar-refractivity contribution in [1.29, 1.82) is 0 Å². The minimum atomic E-state index is -0.478. The maximum atomic E-state index is 11.6. The normalized spacial score (nSPS) is 14.9. The van der Waals surface area contributed by atoms with E-state index in [1.807, 2.05) is 26.8 Å². The van der Waals surface area contributed by atoms with Gasteiger partial charge >= 0.3 is 6.09 Å². The molecule has 1 aliphatic rings. The number of carbonyl (C=O) groups excluding carboxylic acids is 1. The number of amides is 1. The molecule has 1 aromatic heterocycles. The van der Waals surface area contributed by atoms with E-state index in [1.54, 1.807) is 12.4 Å². The number of hydrogen-bond acceptors (Lipinski definition) is 7. The van der Waals surface area contributed by atoms with Crippen LogP contribution < -0.4 is 20.9 Å². The zero-order valence-electron chi connectivity index (χ0n) is 20.5. The summed E-state index contributed by atoms with van der Waals surface area (Å²) in [5.74, 6) is 1.64. The van der Waals surface area contributed by atoms with Gasteiger partial charge in [0.1, 0.15) is 5.60 Å². The Bertz CT molecular complexity index is 691. The van der Waals surface area contributed by atoms with E-state index in [0.717, 1.165) is 70.6 Å². The summed E-state index contributed by atoms with van der Waals surface area (Å²) >= 11 is 0. The molecule has 188 valence electrons. The fourth-order valence-corrected chi connectivity index (χ4v) is 3.25. The Morgan fingerprint density at radius 3 is 2.36 bits per heavy atom. The minimum Gasteiger partial charge on any atom is -0.444 e. The first-order valence-electron chi connectivity index (χ1n) is 11.6. The number of anilines is 1. The van der Waals surface area contributed by atoms with Crippen LogP contribution in [0.2, 0.25) is 0 Å². The lowest BCUT2D eigenvalue weighted by atomic mass is 10.2. The van der Waals surface area contributed by atoms with Gasteiger partial charge in [-0.3, -0.25) is 9.89 Å². The van der Waals surface area contributed by atoms with E-state index in [-0.39, 0.29) is 30.1 Å². The number of guanidine groups is 1. The van der Waals surface area contributed by atoms with Crippen molar-refractivity contribution in [3.63, 3.8) is 0 Å². The summed E-state index contributed by atoms with van der Waals surface area (Å²) in [5, 5.41) is 9.42. The lowest BCUT2D eigenvalue weighted by Gasteiger charge is -2.34. The number of hydrogen-bond donors (Lipinski definition) is 3. The highest BCUT2D eigenvalue weighted by Crippen LogP contribution is 2.09. The number of rotatable bonds is 10. The SMILES string of the molecule is CCNC(=NCCCNC(=O)OC(C)(C)C)NCCCN1CCN(c2ncccn2)CC1.I. The molecule has 1 saturated heterocycles. The van der Waals surface area contributed by atoms with Crippen molar-refractivity contribution in [3.8, 4) is 0 Å². The van der Waals surface area contributed by atoms with Crippen molar-refractivity contribution in [2.24, 2.45) is 4.99 Å². The fourth-order valence-electron chi connectivity index (χ4n) is 3.25. The smallest absolute Gasteiger partial charge is 0.407 e. The summed E-state index contributed by atoms with van der Waals surface area (Å²) in [6.45, 7) is 15.5. The maximum Gasteiger partial charge on any atom is 0.407 e. The van der Waals surface area contributed by atoms with Gasteiger partial charge in [0.15, 0.2) is 5.96 Å². The van der Waals surface area contributed by atoms with Crippen molar-refractivity contribution >= 4 is 42.0 Å². The zero-order chi connectivity index (χ0) is 23.2. The molecule has 0 saturated carbocycles. The van der Waals surface area contributed by atoms with E-state index in [9.17, 15) is 4.79 Å². The number of carbonyl (C=O) groups is 1. The van der Waals surface area contributed by atoms with E-state index in [0.29, 0.717) is 13.1 Å². The number of aromatic nitrogens is 2. The fraction of sp³-hybridized carbons (Fsp3) is 0.727. The molecule has 3 N–H and O–H groups in total. The van der Waals surface area contributed by atoms with Crippen LogP contribution in [0.15, 0.2) is 23.5 Å². The highest BCUT2D eigenvalue weighted by atomic mass is 127. The number of nitrogens with zero attached hydrogens (tertiary/aromatic N) is 5. The minimum absolute atomic E-state index is 0. The number of nitrogens with one attached hydrogen (secondary N) is 3. The maximum absolute atomic E-state index is 11.6. The van der Waals surface area contributed by atoms with Gasteiger partial charge < -0.3 is 25.6 Å². The number of piperazine rings is 1. The van der Waals surface area contributed by atoms with Gasteiger partial charge in [-0.2, -0.15) is 0 Å². The summed E-state index contributed by atoms with van der Waals surface area (Å²) in [7, 11) is 0. The van der Waals surface area contributed by atoms with Crippen molar-refractivity contribution in [1.82, 2.24) is 30.8 Å². The molecule has 0 spiro atoms. The van der Waals surface area contributed by atoms with Gasteiger partial charge in [-0.05, 0) is 53.1 Å². The van der Waals surface area contributed by atoms with Crippen LogP contribution in [0.3, 0.4) is 0 Å². The molecule has 33 heavy (non-hydrogen) atoms. The van der Waals surface area contributed by atoms with Gasteiger partial charge in [-0.25, -0.2) is 14.8 Å². The second-order valence-electron chi connectivity index (χ2n) is 8.70. The molecule has 0 radical (unpaired) electrons. The van der Waals surface area contributed by atoms with E-state index in [2.05, 4.69) is 47.6 Å². The van der Waals surface area contributed by atoms with Crippen LogP contribution in [0.25, 0.3) is 0 Å². The van der Waals surface area contributed by atoms with Crippen LogP contribution in [0.5, 0.6) is 0 Å². The molecule has 0 aliphatic carbocycles. The van der Waals surface area contributed by atoms with Crippen LogP contribution in [0, 0.1) is 0 Å². The molecule has 0 atom stereocenters. The molecule has 1 aliphatic heterocycles. The Morgan fingerprint density at radius 1 is 1.06 bits per heavy atom. The topological polar surface area (TPSA) is 107 Å². The Labute approximate surface area is 215 Å². The quantitative estimate of drug-likeness (QED) is 0.168. The molecule has 10 nitrogen and oxygen atoms in total. The van der Waals surface area contributed by atoms with E-state index < -0.39 is 5.60 Å². The third-order valence-electron chi connectivity index (χ3n) is 4.77. The first kappa shape index (κ1) is 29.1. The number of ether oxygens (including phenoxy) is 1. The molecule has 0 unspecified atom stereocenters. The number of alkyl carbamates (subject to hydrolysis) is 1. The monoisotopic (exact) mass is 576 g/mol. The van der Waals surface area contributed by atoms with Crippen LogP contribution in [0.4, 0.5) is 10.7 Å². The predicted molar refractivity (Wildman–Crippen MR) is 144 cm³/mol. The second-order valence-corrected chi connectivity index (χ2v) is 8.70. The Balaban J connectivity index is 0.00000544. The van der Waals surface area contributed by atoms with Crippen LogP contribution >= 0.6 is 24.0 Å². The van der Waals surface area contributed by atoms with Crippen molar-refractivity contribution in [3.05, 3.63) is 18.5 Å². The van der Waals surface area contributed by atoms with E-state index in [1.165, 1.54) is 0 Å². The summed E-state index contributed by atoms with van der Waals surface area (Å²) in [4.78, 5) is 29.6. The molecule has 0 bridgehead atoms. The Kier molecular flexibility index (Phi) is 14.0. The highest BCUT2D eigenvalue weighted by Gasteiger charge is 2.18. The molecule has 0 aromatic carbocycles. The molecule has 2 rings (SSSR count). The molecule has 1 fully saturated rings. The molecule has 1 amide bonds. The van der Waals surface area contributed by atoms with Crippen molar-refractivity contribution < 1.29 is 9.53 Å². The first-order valence-corrected chi connectivity index (χ1v) is 11.6. The summed E-state index contributed by atoms with van der Waals surface area (Å²) in [6.07, 6.45) is 5.00. The summed E-state index contributed by atoms with van der Waals surface area (Å²) in [6, 6.07) is 1.85. The Hall–Kier alpha value is -1.89. The standard InChI is InChI=1S/C22H40N8O2.HI/c1-5-23-19(24-9-6-12-28-21(31)32-22(2,3)4)25-13-8-14-29-15-17-30(18-16-29)20-26-10-7-11-27-20;/h7,10-11H,5-6,8-9,12-18H2,1-4H3,(H,28,31)(H2,23,24,25);1H. The molecule has 2 heterocycles. The van der Waals surface area contributed by atoms with Crippen LogP contribution in [0.1, 0.15) is 40.5 Å². The number of halogens is 1. The van der Waals surface area contributed by atoms with Gasteiger partial charge in [0.25, 0.3) is 0 Å². The third kappa shape index (κ3) is 12.8. The largest absolute Gasteiger partial charge is 0.444 e. The highest BCUT2D eigenvalue weighted by molar-refractivity contribution is 14.0. The summed E-state index contributed by atoms with van der Waals surface area (Å²) in [5.41, 5.74) is -0.478. The second kappa shape index (κ2) is 15.9. The molecule has 1 aromatic rings. The van der Waals surface area contributed by atoms with Gasteiger partial charge in [0.05, 0.1) is 0 Å². The zero-order valence-corrected chi connectivity index (χ0v) is 22.8. The summed E-state index contributed by atoms with van der Waals surface area (Å²) < 4.78 is 5.22. The van der Waals surface area contributed by atoms with E-state index in [4.69, 9.17) is 4.74 Å². The van der Waals surface area contributed by atoms with Crippen LogP contribution in [-0.4, -0.2) is 91.4 Å². The average molecular weight is 577 g/mol. The molecule has 11 heteroatoms. The predicted octanol–water partition coefficient (Wildman–Crippen LogP) is 2.08.